The van der Waals surface area contributed by atoms with Gasteiger partial charge >= 0.3 is 5.97 Å². The number of piperidine rings is 1. The van der Waals surface area contributed by atoms with Gasteiger partial charge in [0, 0.05) is 13.1 Å². The maximum absolute atomic E-state index is 11.8. The molecule has 108 valence electrons. The van der Waals surface area contributed by atoms with Gasteiger partial charge in [0.25, 0.3) is 0 Å². The largest absolute Gasteiger partial charge is 0.465 e. The summed E-state index contributed by atoms with van der Waals surface area (Å²) in [7, 11) is 1.30. The fourth-order valence-corrected chi connectivity index (χ4v) is 2.39. The van der Waals surface area contributed by atoms with Gasteiger partial charge in [-0.3, -0.25) is 4.79 Å². The number of nitrogens with two attached hydrogens (primary N) is 2. The van der Waals surface area contributed by atoms with E-state index < -0.39 is 5.97 Å². The number of carbonyl (C=O) groups excluding carboxylic acids is 2. The van der Waals surface area contributed by atoms with Crippen LogP contribution in [0.1, 0.15) is 23.2 Å². The van der Waals surface area contributed by atoms with Crippen LogP contribution < -0.4 is 16.4 Å². The SMILES string of the molecule is COC(=O)c1cc(N)cnc1N1CCCC(C(N)=O)C1. The average molecular weight is 278 g/mol. The molecule has 0 saturated carbocycles. The number of nitrogen functional groups attached to an aromatic ring is 1. The van der Waals surface area contributed by atoms with Crippen molar-refractivity contribution in [2.45, 2.75) is 12.8 Å². The number of methoxy groups -OCH3 is 1. The van der Waals surface area contributed by atoms with Gasteiger partial charge in [0.15, 0.2) is 0 Å². The van der Waals surface area contributed by atoms with Gasteiger partial charge < -0.3 is 21.1 Å². The first-order chi connectivity index (χ1) is 9.52. The third-order valence-corrected chi connectivity index (χ3v) is 3.42. The molecule has 0 aromatic carbocycles. The zero-order valence-corrected chi connectivity index (χ0v) is 11.3. The molecule has 7 heteroatoms. The Labute approximate surface area is 116 Å². The molecule has 1 amide bonds. The van der Waals surface area contributed by atoms with Gasteiger partial charge in [-0.1, -0.05) is 0 Å². The normalized spacial score (nSPS) is 18.6. The fourth-order valence-electron chi connectivity index (χ4n) is 2.39. The molecule has 1 aromatic rings. The van der Waals surface area contributed by atoms with Gasteiger partial charge in [0.05, 0.1) is 24.9 Å². The zero-order chi connectivity index (χ0) is 14.7. The molecule has 1 fully saturated rings. The summed E-state index contributed by atoms with van der Waals surface area (Å²) < 4.78 is 4.74. The Balaban J connectivity index is 2.32. The van der Waals surface area contributed by atoms with E-state index in [1.807, 2.05) is 4.90 Å². The number of amides is 1. The van der Waals surface area contributed by atoms with Gasteiger partial charge in [0.1, 0.15) is 11.4 Å². The van der Waals surface area contributed by atoms with Crippen molar-refractivity contribution in [1.82, 2.24) is 4.98 Å². The molecule has 0 spiro atoms. The summed E-state index contributed by atoms with van der Waals surface area (Å²) in [6, 6.07) is 1.53. The molecular weight excluding hydrogens is 260 g/mol. The number of pyridine rings is 1. The Morgan fingerprint density at radius 2 is 2.25 bits per heavy atom. The molecule has 1 unspecified atom stereocenters. The Hall–Kier alpha value is -2.31. The quantitative estimate of drug-likeness (QED) is 0.761. The molecule has 7 nitrogen and oxygen atoms in total. The van der Waals surface area contributed by atoms with Crippen LogP contribution >= 0.6 is 0 Å². The number of aromatic nitrogens is 1. The third-order valence-electron chi connectivity index (χ3n) is 3.42. The molecule has 20 heavy (non-hydrogen) atoms. The molecule has 1 aliphatic heterocycles. The highest BCUT2D eigenvalue weighted by molar-refractivity contribution is 5.95. The molecule has 1 saturated heterocycles. The van der Waals surface area contributed by atoms with Crippen molar-refractivity contribution >= 4 is 23.4 Å². The molecule has 1 atom stereocenters. The number of nitrogens with zero attached hydrogens (tertiary/aromatic N) is 2. The number of hydrogen-bond acceptors (Lipinski definition) is 6. The summed E-state index contributed by atoms with van der Waals surface area (Å²) in [6.07, 6.45) is 3.06. The lowest BCUT2D eigenvalue weighted by Gasteiger charge is -2.32. The van der Waals surface area contributed by atoms with Crippen molar-refractivity contribution in [3.05, 3.63) is 17.8 Å². The van der Waals surface area contributed by atoms with E-state index >= 15 is 0 Å². The maximum Gasteiger partial charge on any atom is 0.341 e. The third kappa shape index (κ3) is 2.81. The molecule has 4 N–H and O–H groups in total. The predicted molar refractivity (Wildman–Crippen MR) is 74.1 cm³/mol. The Bertz CT molecular complexity index is 532. The predicted octanol–water partition coefficient (Wildman–Crippen LogP) is 0.152. The highest BCUT2D eigenvalue weighted by Crippen LogP contribution is 2.26. The van der Waals surface area contributed by atoms with E-state index in [1.165, 1.54) is 19.4 Å². The minimum atomic E-state index is -0.499. The van der Waals surface area contributed by atoms with Crippen LogP contribution in [-0.2, 0) is 9.53 Å². The van der Waals surface area contributed by atoms with Gasteiger partial charge in [-0.15, -0.1) is 0 Å². The summed E-state index contributed by atoms with van der Waals surface area (Å²) in [5, 5.41) is 0. The highest BCUT2D eigenvalue weighted by atomic mass is 16.5. The van der Waals surface area contributed by atoms with Crippen LogP contribution in [0.2, 0.25) is 0 Å². The minimum Gasteiger partial charge on any atom is -0.465 e. The van der Waals surface area contributed by atoms with Crippen LogP contribution in [0.25, 0.3) is 0 Å². The second-order valence-electron chi connectivity index (χ2n) is 4.82. The zero-order valence-electron chi connectivity index (χ0n) is 11.3. The van der Waals surface area contributed by atoms with Crippen LogP contribution in [0.15, 0.2) is 12.3 Å². The highest BCUT2D eigenvalue weighted by Gasteiger charge is 2.27. The van der Waals surface area contributed by atoms with E-state index in [4.69, 9.17) is 16.2 Å². The van der Waals surface area contributed by atoms with E-state index in [1.54, 1.807) is 0 Å². The lowest BCUT2D eigenvalue weighted by atomic mass is 9.97. The van der Waals surface area contributed by atoms with Crippen molar-refractivity contribution in [1.29, 1.82) is 0 Å². The summed E-state index contributed by atoms with van der Waals surface area (Å²) in [4.78, 5) is 29.2. The first-order valence-electron chi connectivity index (χ1n) is 6.41. The van der Waals surface area contributed by atoms with E-state index in [2.05, 4.69) is 4.98 Å². The van der Waals surface area contributed by atoms with Crippen LogP contribution in [0.5, 0.6) is 0 Å². The van der Waals surface area contributed by atoms with Crippen molar-refractivity contribution in [2.75, 3.05) is 30.8 Å². The lowest BCUT2D eigenvalue weighted by molar-refractivity contribution is -0.122. The second-order valence-corrected chi connectivity index (χ2v) is 4.82. The number of carbonyl (C=O) groups is 2. The van der Waals surface area contributed by atoms with Crippen molar-refractivity contribution in [3.8, 4) is 0 Å². The molecule has 2 heterocycles. The molecule has 2 rings (SSSR count). The monoisotopic (exact) mass is 278 g/mol. The second kappa shape index (κ2) is 5.77. The molecular formula is C13H18N4O3. The van der Waals surface area contributed by atoms with Crippen LogP contribution in [-0.4, -0.2) is 37.1 Å². The Kier molecular flexibility index (Phi) is 4.07. The van der Waals surface area contributed by atoms with Gasteiger partial charge in [-0.25, -0.2) is 9.78 Å². The van der Waals surface area contributed by atoms with Gasteiger partial charge in [-0.05, 0) is 18.9 Å². The topological polar surface area (TPSA) is 112 Å². The summed E-state index contributed by atoms with van der Waals surface area (Å²) in [6.45, 7) is 1.17. The van der Waals surface area contributed by atoms with Gasteiger partial charge in [-0.2, -0.15) is 0 Å². The smallest absolute Gasteiger partial charge is 0.341 e. The number of primary amides is 1. The van der Waals surface area contributed by atoms with Crippen molar-refractivity contribution in [2.24, 2.45) is 11.7 Å². The molecule has 0 radical (unpaired) electrons. The number of hydrogen-bond donors (Lipinski definition) is 2. The molecule has 0 bridgehead atoms. The van der Waals surface area contributed by atoms with Gasteiger partial charge in [0.2, 0.25) is 5.91 Å². The molecule has 0 aliphatic carbocycles. The average Bonchev–Trinajstić information content (AvgIpc) is 2.46. The van der Waals surface area contributed by atoms with E-state index in [-0.39, 0.29) is 11.8 Å². The van der Waals surface area contributed by atoms with E-state index in [0.717, 1.165) is 12.8 Å². The first kappa shape index (κ1) is 14.1. The van der Waals surface area contributed by atoms with Crippen molar-refractivity contribution < 1.29 is 14.3 Å². The first-order valence-corrected chi connectivity index (χ1v) is 6.41. The molecule has 1 aliphatic rings. The number of esters is 1. The standard InChI is InChI=1S/C13H18N4O3/c1-20-13(19)10-5-9(14)6-16-12(10)17-4-2-3-8(7-17)11(15)18/h5-6,8H,2-4,7,14H2,1H3,(H2,15,18). The van der Waals surface area contributed by atoms with Crippen LogP contribution in [0, 0.1) is 5.92 Å². The lowest BCUT2D eigenvalue weighted by Crippen LogP contribution is -2.42. The summed E-state index contributed by atoms with van der Waals surface area (Å²) in [5.74, 6) is -0.573. The Morgan fingerprint density at radius 3 is 2.90 bits per heavy atom. The van der Waals surface area contributed by atoms with Crippen LogP contribution in [0.3, 0.4) is 0 Å². The van der Waals surface area contributed by atoms with Crippen LogP contribution in [0.4, 0.5) is 11.5 Å². The van der Waals surface area contributed by atoms with E-state index in [0.29, 0.717) is 30.2 Å². The number of ether oxygens (including phenoxy) is 1. The summed E-state index contributed by atoms with van der Waals surface area (Å²) in [5.41, 5.74) is 11.7. The number of anilines is 2. The minimum absolute atomic E-state index is 0.228. The Morgan fingerprint density at radius 1 is 1.50 bits per heavy atom. The molecule has 1 aromatic heterocycles. The fraction of sp³-hybridized carbons (Fsp3) is 0.462. The maximum atomic E-state index is 11.8. The number of rotatable bonds is 3. The van der Waals surface area contributed by atoms with Crippen molar-refractivity contribution in [3.63, 3.8) is 0 Å². The summed E-state index contributed by atoms with van der Waals surface area (Å²) >= 11 is 0. The van der Waals surface area contributed by atoms with E-state index in [9.17, 15) is 9.59 Å².